The predicted molar refractivity (Wildman–Crippen MR) is 76.5 cm³/mol. The smallest absolute Gasteiger partial charge is 0.315 e. The molecule has 0 heterocycles. The highest BCUT2D eigenvalue weighted by molar-refractivity contribution is 5.77. The minimum atomic E-state index is -0.788. The number of urea groups is 1. The molecule has 2 amide bonds. The lowest BCUT2D eigenvalue weighted by atomic mass is 9.80. The summed E-state index contributed by atoms with van der Waals surface area (Å²) in [7, 11) is 0. The number of hydrogen-bond donors (Lipinski definition) is 3. The molecular formula is C15H26N2O3. The van der Waals surface area contributed by atoms with E-state index in [1.165, 1.54) is 19.3 Å². The topological polar surface area (TPSA) is 78.4 Å². The molecule has 0 aromatic heterocycles. The fourth-order valence-corrected chi connectivity index (χ4v) is 3.25. The van der Waals surface area contributed by atoms with Crippen LogP contribution in [0.25, 0.3) is 0 Å². The van der Waals surface area contributed by atoms with Crippen LogP contribution in [0.4, 0.5) is 4.79 Å². The number of rotatable bonds is 4. The molecule has 2 fully saturated rings. The third-order valence-electron chi connectivity index (χ3n) is 4.87. The van der Waals surface area contributed by atoms with Crippen LogP contribution in [0.2, 0.25) is 0 Å². The summed E-state index contributed by atoms with van der Waals surface area (Å²) in [6, 6.07) is -0.260. The van der Waals surface area contributed by atoms with Crippen LogP contribution in [0.3, 0.4) is 0 Å². The maximum Gasteiger partial charge on any atom is 0.315 e. The molecule has 0 saturated heterocycles. The van der Waals surface area contributed by atoms with Gasteiger partial charge in [0.2, 0.25) is 0 Å². The molecule has 20 heavy (non-hydrogen) atoms. The van der Waals surface area contributed by atoms with Crippen LogP contribution in [0.15, 0.2) is 0 Å². The molecule has 3 atom stereocenters. The van der Waals surface area contributed by atoms with Gasteiger partial charge in [-0.2, -0.15) is 0 Å². The first-order valence-electron chi connectivity index (χ1n) is 7.87. The Bertz CT molecular complexity index is 355. The summed E-state index contributed by atoms with van der Waals surface area (Å²) >= 11 is 0. The largest absolute Gasteiger partial charge is 0.481 e. The molecular weight excluding hydrogens is 256 g/mol. The molecule has 0 aromatic rings. The van der Waals surface area contributed by atoms with Gasteiger partial charge in [0, 0.05) is 12.1 Å². The number of amides is 2. The van der Waals surface area contributed by atoms with Gasteiger partial charge in [-0.25, -0.2) is 4.79 Å². The highest BCUT2D eigenvalue weighted by Gasteiger charge is 2.31. The number of nitrogens with one attached hydrogen (secondary N) is 2. The van der Waals surface area contributed by atoms with Gasteiger partial charge in [-0.1, -0.05) is 25.7 Å². The van der Waals surface area contributed by atoms with Gasteiger partial charge in [0.25, 0.3) is 0 Å². The Morgan fingerprint density at radius 3 is 2.35 bits per heavy atom. The number of aliphatic carboxylic acids is 1. The third kappa shape index (κ3) is 3.87. The molecule has 114 valence electrons. The number of hydrogen-bond acceptors (Lipinski definition) is 2. The van der Waals surface area contributed by atoms with Crippen LogP contribution >= 0.6 is 0 Å². The maximum atomic E-state index is 12.0. The molecule has 2 aliphatic carbocycles. The molecule has 0 bridgehead atoms. The summed E-state index contributed by atoms with van der Waals surface area (Å²) in [5.74, 6) is -0.642. The first-order chi connectivity index (χ1) is 9.58. The van der Waals surface area contributed by atoms with E-state index in [9.17, 15) is 14.7 Å². The molecule has 2 saturated carbocycles. The van der Waals surface area contributed by atoms with E-state index in [4.69, 9.17) is 0 Å². The highest BCUT2D eigenvalue weighted by atomic mass is 16.4. The standard InChI is InChI=1S/C15H26N2O3/c1-10(11-6-5-7-11)16-15(20)17-13-9-4-2-3-8-12(13)14(18)19/h10-13H,2-9H2,1H3,(H,18,19)(H2,16,17,20). The van der Waals surface area contributed by atoms with Crippen molar-refractivity contribution in [1.82, 2.24) is 10.6 Å². The van der Waals surface area contributed by atoms with Crippen molar-refractivity contribution in [3.05, 3.63) is 0 Å². The lowest BCUT2D eigenvalue weighted by molar-refractivity contribution is -0.142. The Kier molecular flexibility index (Phi) is 5.26. The number of carbonyl (C=O) groups is 2. The van der Waals surface area contributed by atoms with Crippen molar-refractivity contribution in [2.75, 3.05) is 0 Å². The van der Waals surface area contributed by atoms with Gasteiger partial charge in [0.05, 0.1) is 5.92 Å². The summed E-state index contributed by atoms with van der Waals surface area (Å²) in [5, 5.41) is 15.2. The number of carboxylic acid groups (broad SMARTS) is 1. The molecule has 0 aliphatic heterocycles. The zero-order valence-electron chi connectivity index (χ0n) is 12.2. The quantitative estimate of drug-likeness (QED) is 0.693. The fraction of sp³-hybridized carbons (Fsp3) is 0.867. The monoisotopic (exact) mass is 282 g/mol. The molecule has 0 radical (unpaired) electrons. The van der Waals surface area contributed by atoms with Gasteiger partial charge in [0.1, 0.15) is 0 Å². The minimum absolute atomic E-state index is 0.179. The molecule has 0 aromatic carbocycles. The van der Waals surface area contributed by atoms with Crippen LogP contribution in [-0.2, 0) is 4.79 Å². The second kappa shape index (κ2) is 6.95. The van der Waals surface area contributed by atoms with E-state index in [0.29, 0.717) is 12.3 Å². The summed E-state index contributed by atoms with van der Waals surface area (Å²) in [5.41, 5.74) is 0. The summed E-state index contributed by atoms with van der Waals surface area (Å²) in [6.07, 6.45) is 8.04. The molecule has 2 rings (SSSR count). The molecule has 5 nitrogen and oxygen atoms in total. The van der Waals surface area contributed by atoms with E-state index in [0.717, 1.165) is 25.7 Å². The highest BCUT2D eigenvalue weighted by Crippen LogP contribution is 2.29. The lowest BCUT2D eigenvalue weighted by Gasteiger charge is -2.32. The van der Waals surface area contributed by atoms with Gasteiger partial charge < -0.3 is 15.7 Å². The van der Waals surface area contributed by atoms with E-state index in [1.807, 2.05) is 6.92 Å². The Morgan fingerprint density at radius 1 is 1.05 bits per heavy atom. The number of carboxylic acids is 1. The first-order valence-corrected chi connectivity index (χ1v) is 7.87. The Labute approximate surface area is 120 Å². The van der Waals surface area contributed by atoms with Crippen molar-refractivity contribution >= 4 is 12.0 Å². The van der Waals surface area contributed by atoms with Gasteiger partial charge in [0.15, 0.2) is 0 Å². The van der Waals surface area contributed by atoms with E-state index in [1.54, 1.807) is 0 Å². The zero-order chi connectivity index (χ0) is 14.5. The van der Waals surface area contributed by atoms with Gasteiger partial charge >= 0.3 is 12.0 Å². The fourth-order valence-electron chi connectivity index (χ4n) is 3.25. The molecule has 3 N–H and O–H groups in total. The SMILES string of the molecule is CC(NC(=O)NC1CCCCCC1C(=O)O)C1CCC1. The average molecular weight is 282 g/mol. The summed E-state index contributed by atoms with van der Waals surface area (Å²) in [4.78, 5) is 23.3. The Morgan fingerprint density at radius 2 is 1.75 bits per heavy atom. The van der Waals surface area contributed by atoms with Gasteiger partial charge in [-0.3, -0.25) is 4.79 Å². The molecule has 2 aliphatic rings. The molecule has 5 heteroatoms. The Hall–Kier alpha value is -1.26. The van der Waals surface area contributed by atoms with Crippen molar-refractivity contribution in [1.29, 1.82) is 0 Å². The molecule has 0 spiro atoms. The Balaban J connectivity index is 1.85. The van der Waals surface area contributed by atoms with Crippen molar-refractivity contribution < 1.29 is 14.7 Å². The second-order valence-electron chi connectivity index (χ2n) is 6.29. The van der Waals surface area contributed by atoms with E-state index in [2.05, 4.69) is 10.6 Å². The normalized spacial score (nSPS) is 28.9. The van der Waals surface area contributed by atoms with Crippen LogP contribution in [-0.4, -0.2) is 29.2 Å². The van der Waals surface area contributed by atoms with Crippen molar-refractivity contribution in [3.8, 4) is 0 Å². The lowest BCUT2D eigenvalue weighted by Crippen LogP contribution is -2.51. The van der Waals surface area contributed by atoms with E-state index < -0.39 is 11.9 Å². The summed E-state index contributed by atoms with van der Waals surface area (Å²) in [6.45, 7) is 2.03. The predicted octanol–water partition coefficient (Wildman–Crippen LogP) is 2.51. The van der Waals surface area contributed by atoms with Crippen LogP contribution in [0.5, 0.6) is 0 Å². The number of carbonyl (C=O) groups excluding carboxylic acids is 1. The van der Waals surface area contributed by atoms with Crippen molar-refractivity contribution in [2.45, 2.75) is 70.4 Å². The van der Waals surface area contributed by atoms with E-state index in [-0.39, 0.29) is 18.1 Å². The first kappa shape index (κ1) is 15.1. The molecule has 3 unspecified atom stereocenters. The van der Waals surface area contributed by atoms with Crippen LogP contribution in [0.1, 0.15) is 58.3 Å². The average Bonchev–Trinajstić information content (AvgIpc) is 2.51. The zero-order valence-corrected chi connectivity index (χ0v) is 12.2. The van der Waals surface area contributed by atoms with Gasteiger partial charge in [-0.15, -0.1) is 0 Å². The second-order valence-corrected chi connectivity index (χ2v) is 6.29. The van der Waals surface area contributed by atoms with Crippen molar-refractivity contribution in [3.63, 3.8) is 0 Å². The van der Waals surface area contributed by atoms with Gasteiger partial charge in [-0.05, 0) is 38.5 Å². The minimum Gasteiger partial charge on any atom is -0.481 e. The van der Waals surface area contributed by atoms with Crippen LogP contribution in [0, 0.1) is 11.8 Å². The van der Waals surface area contributed by atoms with Crippen LogP contribution < -0.4 is 10.6 Å². The van der Waals surface area contributed by atoms with Crippen molar-refractivity contribution in [2.24, 2.45) is 11.8 Å². The summed E-state index contributed by atoms with van der Waals surface area (Å²) < 4.78 is 0. The maximum absolute atomic E-state index is 12.0. The third-order valence-corrected chi connectivity index (χ3v) is 4.87. The van der Waals surface area contributed by atoms with E-state index >= 15 is 0 Å².